The van der Waals surface area contributed by atoms with E-state index >= 15 is 0 Å². The van der Waals surface area contributed by atoms with E-state index in [9.17, 15) is 5.11 Å². The normalized spacial score (nSPS) is 19.5. The molecule has 0 aromatic heterocycles. The highest BCUT2D eigenvalue weighted by molar-refractivity contribution is 5.51. The van der Waals surface area contributed by atoms with Gasteiger partial charge in [0.15, 0.2) is 11.5 Å². The van der Waals surface area contributed by atoms with Gasteiger partial charge in [0.25, 0.3) is 0 Å². The van der Waals surface area contributed by atoms with Crippen LogP contribution in [0.3, 0.4) is 0 Å². The quantitative estimate of drug-likeness (QED) is 0.833. The minimum atomic E-state index is -0.576. The number of aryl methyl sites for hydroxylation is 1. The van der Waals surface area contributed by atoms with Crippen molar-refractivity contribution in [3.8, 4) is 17.2 Å². The van der Waals surface area contributed by atoms with Crippen molar-refractivity contribution in [2.24, 2.45) is 0 Å². The van der Waals surface area contributed by atoms with Crippen LogP contribution < -0.4 is 19.5 Å². The van der Waals surface area contributed by atoms with E-state index in [1.54, 1.807) is 0 Å². The van der Waals surface area contributed by atoms with E-state index in [-0.39, 0.29) is 6.61 Å². The van der Waals surface area contributed by atoms with E-state index in [4.69, 9.17) is 14.2 Å². The van der Waals surface area contributed by atoms with Crippen LogP contribution in [0.15, 0.2) is 42.5 Å². The maximum Gasteiger partial charge on any atom is 0.203 e. The van der Waals surface area contributed by atoms with Crippen LogP contribution in [0.1, 0.15) is 17.5 Å². The fraction of sp³-hybridized carbons (Fsp3) is 0.429. The molecule has 0 saturated carbocycles. The van der Waals surface area contributed by atoms with Gasteiger partial charge in [-0.2, -0.15) is 0 Å². The third kappa shape index (κ3) is 3.94. The van der Waals surface area contributed by atoms with Crippen LogP contribution in [0.4, 0.5) is 0 Å². The third-order valence-corrected chi connectivity index (χ3v) is 4.95. The highest BCUT2D eigenvalue weighted by Crippen LogP contribution is 2.38. The van der Waals surface area contributed by atoms with E-state index in [0.717, 1.165) is 19.3 Å². The molecular weight excluding hydrogens is 330 g/mol. The molecule has 4 rings (SSSR count). The fourth-order valence-electron chi connectivity index (χ4n) is 3.58. The largest absolute Gasteiger partial charge is 0.487 e. The fourth-order valence-corrected chi connectivity index (χ4v) is 3.58. The van der Waals surface area contributed by atoms with E-state index in [1.165, 1.54) is 11.1 Å². The first-order valence-electron chi connectivity index (χ1n) is 9.29. The highest BCUT2D eigenvalue weighted by Gasteiger charge is 2.20. The van der Waals surface area contributed by atoms with Gasteiger partial charge < -0.3 is 24.6 Å². The number of para-hydroxylation sites is 1. The molecule has 0 bridgehead atoms. The van der Waals surface area contributed by atoms with Crippen LogP contribution in [-0.4, -0.2) is 43.6 Å². The highest BCUT2D eigenvalue weighted by atomic mass is 16.6. The second kappa shape index (κ2) is 7.98. The molecule has 1 aliphatic carbocycles. The van der Waals surface area contributed by atoms with E-state index < -0.39 is 6.10 Å². The Balaban J connectivity index is 1.26. The van der Waals surface area contributed by atoms with Crippen molar-refractivity contribution in [2.45, 2.75) is 31.4 Å². The Labute approximate surface area is 153 Å². The molecule has 0 radical (unpaired) electrons. The summed E-state index contributed by atoms with van der Waals surface area (Å²) in [7, 11) is 0. The van der Waals surface area contributed by atoms with Gasteiger partial charge in [0.1, 0.15) is 25.9 Å². The molecule has 2 aromatic rings. The topological polar surface area (TPSA) is 60.0 Å². The molecule has 0 saturated heterocycles. The van der Waals surface area contributed by atoms with Crippen molar-refractivity contribution in [2.75, 3.05) is 26.4 Å². The lowest BCUT2D eigenvalue weighted by atomic mass is 9.88. The van der Waals surface area contributed by atoms with Gasteiger partial charge in [0.2, 0.25) is 5.75 Å². The van der Waals surface area contributed by atoms with Crippen LogP contribution in [-0.2, 0) is 12.8 Å². The van der Waals surface area contributed by atoms with E-state index in [0.29, 0.717) is 43.0 Å². The Kier molecular flexibility index (Phi) is 5.27. The minimum absolute atomic E-state index is 0.218. The summed E-state index contributed by atoms with van der Waals surface area (Å²) in [4.78, 5) is 0. The van der Waals surface area contributed by atoms with Crippen LogP contribution in [0, 0.1) is 0 Å². The number of nitrogens with one attached hydrogen (secondary N) is 1. The molecule has 1 heterocycles. The van der Waals surface area contributed by atoms with Crippen molar-refractivity contribution >= 4 is 0 Å². The molecule has 2 unspecified atom stereocenters. The van der Waals surface area contributed by atoms with Crippen molar-refractivity contribution < 1.29 is 19.3 Å². The summed E-state index contributed by atoms with van der Waals surface area (Å²) >= 11 is 0. The maximum atomic E-state index is 10.3. The first kappa shape index (κ1) is 17.2. The number of benzene rings is 2. The Morgan fingerprint density at radius 3 is 2.85 bits per heavy atom. The van der Waals surface area contributed by atoms with Gasteiger partial charge in [-0.15, -0.1) is 0 Å². The third-order valence-electron chi connectivity index (χ3n) is 4.95. The molecule has 0 fully saturated rings. The zero-order valence-corrected chi connectivity index (χ0v) is 14.8. The first-order valence-corrected chi connectivity index (χ1v) is 9.29. The molecule has 2 atom stereocenters. The molecule has 0 amide bonds. The monoisotopic (exact) mass is 355 g/mol. The second-order valence-electron chi connectivity index (χ2n) is 6.86. The average Bonchev–Trinajstić information content (AvgIpc) is 2.70. The Hall–Kier alpha value is -2.24. The predicted molar refractivity (Wildman–Crippen MR) is 99.2 cm³/mol. The lowest BCUT2D eigenvalue weighted by Crippen LogP contribution is -2.40. The molecule has 2 aromatic carbocycles. The lowest BCUT2D eigenvalue weighted by molar-refractivity contribution is 0.0970. The summed E-state index contributed by atoms with van der Waals surface area (Å²) in [5.41, 5.74) is 2.86. The van der Waals surface area contributed by atoms with Crippen molar-refractivity contribution in [3.63, 3.8) is 0 Å². The Bertz CT molecular complexity index is 749. The number of aliphatic hydroxyl groups is 1. The number of hydrogen-bond acceptors (Lipinski definition) is 5. The van der Waals surface area contributed by atoms with Gasteiger partial charge >= 0.3 is 0 Å². The molecule has 2 N–H and O–H groups in total. The van der Waals surface area contributed by atoms with Gasteiger partial charge in [-0.05, 0) is 42.5 Å². The number of rotatable bonds is 6. The van der Waals surface area contributed by atoms with Gasteiger partial charge in [0, 0.05) is 12.6 Å². The number of ether oxygens (including phenoxy) is 3. The summed E-state index contributed by atoms with van der Waals surface area (Å²) < 4.78 is 16.9. The molecule has 138 valence electrons. The summed E-state index contributed by atoms with van der Waals surface area (Å²) in [6, 6.07) is 14.6. The molecule has 1 aliphatic heterocycles. The smallest absolute Gasteiger partial charge is 0.203 e. The maximum absolute atomic E-state index is 10.3. The Morgan fingerprint density at radius 2 is 1.92 bits per heavy atom. The number of aliphatic hydroxyl groups excluding tert-OH is 1. The predicted octanol–water partition coefficient (Wildman–Crippen LogP) is 2.34. The van der Waals surface area contributed by atoms with Crippen molar-refractivity contribution in [1.82, 2.24) is 5.32 Å². The van der Waals surface area contributed by atoms with E-state index in [2.05, 4.69) is 29.6 Å². The number of hydrogen-bond donors (Lipinski definition) is 2. The van der Waals surface area contributed by atoms with Crippen LogP contribution >= 0.6 is 0 Å². The lowest BCUT2D eigenvalue weighted by Gasteiger charge is -2.26. The van der Waals surface area contributed by atoms with E-state index in [1.807, 2.05) is 18.2 Å². The zero-order valence-electron chi connectivity index (χ0n) is 14.8. The van der Waals surface area contributed by atoms with Gasteiger partial charge in [-0.25, -0.2) is 0 Å². The van der Waals surface area contributed by atoms with Crippen molar-refractivity contribution in [1.29, 1.82) is 0 Å². The molecule has 2 aliphatic rings. The Morgan fingerprint density at radius 1 is 1.08 bits per heavy atom. The summed E-state index contributed by atoms with van der Waals surface area (Å²) in [6.07, 6.45) is 2.63. The molecular formula is C21H25NO4. The minimum Gasteiger partial charge on any atom is -0.487 e. The second-order valence-corrected chi connectivity index (χ2v) is 6.86. The summed E-state index contributed by atoms with van der Waals surface area (Å²) in [5.74, 6) is 1.94. The van der Waals surface area contributed by atoms with Gasteiger partial charge in [-0.3, -0.25) is 0 Å². The number of fused-ring (bicyclic) bond motifs is 2. The SMILES string of the molecule is OC(CNC1CCc2ccccc2C1)COc1cccc2c1OCCO2. The van der Waals surface area contributed by atoms with Crippen molar-refractivity contribution in [3.05, 3.63) is 53.6 Å². The zero-order chi connectivity index (χ0) is 17.8. The van der Waals surface area contributed by atoms with Crippen LogP contribution in [0.25, 0.3) is 0 Å². The summed E-state index contributed by atoms with van der Waals surface area (Å²) in [6.45, 7) is 1.80. The molecule has 26 heavy (non-hydrogen) atoms. The van der Waals surface area contributed by atoms with Gasteiger partial charge in [-0.1, -0.05) is 30.3 Å². The van der Waals surface area contributed by atoms with Crippen LogP contribution in [0.5, 0.6) is 17.2 Å². The molecule has 0 spiro atoms. The molecule has 5 heteroatoms. The summed E-state index contributed by atoms with van der Waals surface area (Å²) in [5, 5.41) is 13.8. The first-order chi connectivity index (χ1) is 12.8. The standard InChI is InChI=1S/C21H25NO4/c23-18(13-22-17-9-8-15-4-1-2-5-16(15)12-17)14-26-20-7-3-6-19-21(20)25-11-10-24-19/h1-7,17-18,22-23H,8-14H2. The van der Waals surface area contributed by atoms with Gasteiger partial charge in [0.05, 0.1) is 0 Å². The van der Waals surface area contributed by atoms with Crippen LogP contribution in [0.2, 0.25) is 0 Å². The molecule has 5 nitrogen and oxygen atoms in total. The average molecular weight is 355 g/mol.